The van der Waals surface area contributed by atoms with Crippen molar-refractivity contribution in [3.8, 4) is 5.75 Å². The number of primary amides is 1. The van der Waals surface area contributed by atoms with Crippen molar-refractivity contribution in [2.24, 2.45) is 18.7 Å². The number of carbonyl (C=O) groups is 1. The Balaban J connectivity index is 1.67. The fourth-order valence-electron chi connectivity index (χ4n) is 2.80. The third kappa shape index (κ3) is 3.82. The molecule has 1 amide bonds. The molecule has 1 unspecified atom stereocenters. The third-order valence-electron chi connectivity index (χ3n) is 4.45. The number of hydrogen-bond donors (Lipinski definition) is 1. The van der Waals surface area contributed by atoms with Gasteiger partial charge in [0.05, 0.1) is 11.0 Å². The first-order chi connectivity index (χ1) is 11.9. The second-order valence-corrected chi connectivity index (χ2v) is 6.52. The molecule has 0 bridgehead atoms. The summed E-state index contributed by atoms with van der Waals surface area (Å²) in [5.41, 5.74) is 9.67. The number of ether oxygens (including phenoxy) is 1. The maximum Gasteiger partial charge on any atom is 0.220 e. The number of aryl methyl sites for hydroxylation is 2. The molecule has 3 aromatic rings. The molecule has 25 heavy (non-hydrogen) atoms. The molecule has 5 nitrogen and oxygen atoms in total. The Morgan fingerprint density at radius 1 is 1.24 bits per heavy atom. The Morgan fingerprint density at radius 3 is 2.64 bits per heavy atom. The van der Waals surface area contributed by atoms with Crippen LogP contribution in [0.1, 0.15) is 23.9 Å². The van der Waals surface area contributed by atoms with Gasteiger partial charge in [0.1, 0.15) is 18.2 Å². The van der Waals surface area contributed by atoms with Crippen LogP contribution in [-0.4, -0.2) is 15.5 Å². The van der Waals surface area contributed by atoms with Crippen molar-refractivity contribution >= 4 is 16.9 Å². The van der Waals surface area contributed by atoms with E-state index in [1.165, 1.54) is 5.56 Å². The number of amides is 1. The molecule has 2 N–H and O–H groups in total. The second-order valence-electron chi connectivity index (χ2n) is 6.52. The van der Waals surface area contributed by atoms with Gasteiger partial charge in [0.2, 0.25) is 5.91 Å². The highest BCUT2D eigenvalue weighted by Crippen LogP contribution is 2.19. The maximum absolute atomic E-state index is 11.1. The molecular formula is C20H23N3O2. The van der Waals surface area contributed by atoms with Crippen LogP contribution < -0.4 is 10.5 Å². The number of nitrogens with two attached hydrogens (primary N) is 1. The van der Waals surface area contributed by atoms with Gasteiger partial charge >= 0.3 is 0 Å². The molecule has 5 heteroatoms. The van der Waals surface area contributed by atoms with Gasteiger partial charge in [-0.1, -0.05) is 25.1 Å². The topological polar surface area (TPSA) is 70.1 Å². The summed E-state index contributed by atoms with van der Waals surface area (Å²) in [6, 6.07) is 14.0. The van der Waals surface area contributed by atoms with Crippen molar-refractivity contribution in [3.05, 3.63) is 59.4 Å². The number of benzene rings is 2. The van der Waals surface area contributed by atoms with Gasteiger partial charge in [-0.15, -0.1) is 0 Å². The van der Waals surface area contributed by atoms with Crippen LogP contribution in [0.4, 0.5) is 0 Å². The molecule has 0 saturated heterocycles. The molecule has 1 heterocycles. The SMILES string of the molecule is Cc1ccc2nc(COc3ccc(CC(C)C(N)=O)cc3)n(C)c2c1. The fourth-order valence-corrected chi connectivity index (χ4v) is 2.80. The highest BCUT2D eigenvalue weighted by Gasteiger charge is 2.10. The highest BCUT2D eigenvalue weighted by molar-refractivity contribution is 5.77. The predicted octanol–water partition coefficient (Wildman–Crippen LogP) is 3.12. The zero-order valence-corrected chi connectivity index (χ0v) is 14.8. The molecule has 130 valence electrons. The molecule has 0 saturated carbocycles. The van der Waals surface area contributed by atoms with E-state index in [4.69, 9.17) is 10.5 Å². The van der Waals surface area contributed by atoms with E-state index in [-0.39, 0.29) is 11.8 Å². The van der Waals surface area contributed by atoms with Crippen molar-refractivity contribution in [3.63, 3.8) is 0 Å². The average Bonchev–Trinajstić information content (AvgIpc) is 2.90. The van der Waals surface area contributed by atoms with Crippen molar-refractivity contribution in [2.75, 3.05) is 0 Å². The van der Waals surface area contributed by atoms with E-state index < -0.39 is 0 Å². The standard InChI is InChI=1S/C20H23N3O2/c1-13-4-9-17-18(10-13)23(3)19(22-17)12-25-16-7-5-15(6-8-16)11-14(2)20(21)24/h4-10,14H,11-12H2,1-3H3,(H2,21,24). The summed E-state index contributed by atoms with van der Waals surface area (Å²) in [7, 11) is 2.00. The van der Waals surface area contributed by atoms with E-state index in [2.05, 4.69) is 28.6 Å². The van der Waals surface area contributed by atoms with Crippen LogP contribution in [0.2, 0.25) is 0 Å². The molecule has 0 aliphatic carbocycles. The van der Waals surface area contributed by atoms with Crippen molar-refractivity contribution in [2.45, 2.75) is 26.9 Å². The van der Waals surface area contributed by atoms with E-state index >= 15 is 0 Å². The number of aromatic nitrogens is 2. The van der Waals surface area contributed by atoms with Gasteiger partial charge < -0.3 is 15.0 Å². The smallest absolute Gasteiger partial charge is 0.220 e. The van der Waals surface area contributed by atoms with Gasteiger partial charge in [-0.05, 0) is 48.7 Å². The van der Waals surface area contributed by atoms with Crippen LogP contribution >= 0.6 is 0 Å². The summed E-state index contributed by atoms with van der Waals surface area (Å²) < 4.78 is 7.93. The molecule has 1 aromatic heterocycles. The molecule has 3 rings (SSSR count). The highest BCUT2D eigenvalue weighted by atomic mass is 16.5. The number of imidazole rings is 1. The Bertz CT molecular complexity index is 897. The fraction of sp³-hybridized carbons (Fsp3) is 0.300. The molecule has 0 radical (unpaired) electrons. The second kappa shape index (κ2) is 6.97. The lowest BCUT2D eigenvalue weighted by Crippen LogP contribution is -2.22. The normalized spacial score (nSPS) is 12.3. The van der Waals surface area contributed by atoms with Crippen LogP contribution in [0.25, 0.3) is 11.0 Å². The summed E-state index contributed by atoms with van der Waals surface area (Å²) in [6.07, 6.45) is 0.639. The van der Waals surface area contributed by atoms with Crippen molar-refractivity contribution < 1.29 is 9.53 Å². The van der Waals surface area contributed by atoms with Crippen molar-refractivity contribution in [1.82, 2.24) is 9.55 Å². The van der Waals surface area contributed by atoms with Crippen LogP contribution in [0, 0.1) is 12.8 Å². The third-order valence-corrected chi connectivity index (χ3v) is 4.45. The van der Waals surface area contributed by atoms with Gasteiger partial charge in [0.25, 0.3) is 0 Å². The van der Waals surface area contributed by atoms with E-state index in [9.17, 15) is 4.79 Å². The van der Waals surface area contributed by atoms with Crippen LogP contribution in [0.5, 0.6) is 5.75 Å². The van der Waals surface area contributed by atoms with Crippen LogP contribution in [0.15, 0.2) is 42.5 Å². The summed E-state index contributed by atoms with van der Waals surface area (Å²) in [6.45, 7) is 4.31. The van der Waals surface area contributed by atoms with Crippen molar-refractivity contribution in [1.29, 1.82) is 0 Å². The number of hydrogen-bond acceptors (Lipinski definition) is 3. The molecule has 0 aliphatic heterocycles. The molecule has 1 atom stereocenters. The van der Waals surface area contributed by atoms with Gasteiger partial charge in [-0.2, -0.15) is 0 Å². The number of fused-ring (bicyclic) bond motifs is 1. The van der Waals surface area contributed by atoms with E-state index in [0.717, 1.165) is 28.2 Å². The molecule has 0 fully saturated rings. The molecule has 0 spiro atoms. The lowest BCUT2D eigenvalue weighted by Gasteiger charge is -2.09. The molecule has 2 aromatic carbocycles. The molecular weight excluding hydrogens is 314 g/mol. The van der Waals surface area contributed by atoms with Crippen LogP contribution in [-0.2, 0) is 24.9 Å². The minimum atomic E-state index is -0.280. The summed E-state index contributed by atoms with van der Waals surface area (Å²) >= 11 is 0. The minimum absolute atomic E-state index is 0.171. The van der Waals surface area contributed by atoms with E-state index in [1.807, 2.05) is 44.3 Å². The quantitative estimate of drug-likeness (QED) is 0.751. The van der Waals surface area contributed by atoms with Gasteiger partial charge in [-0.3, -0.25) is 4.79 Å². The van der Waals surface area contributed by atoms with Gasteiger partial charge in [-0.25, -0.2) is 4.98 Å². The number of rotatable bonds is 6. The summed E-state index contributed by atoms with van der Waals surface area (Å²) in [5, 5.41) is 0. The predicted molar refractivity (Wildman–Crippen MR) is 98.3 cm³/mol. The lowest BCUT2D eigenvalue weighted by molar-refractivity contribution is -0.121. The Labute approximate surface area is 147 Å². The van der Waals surface area contributed by atoms with E-state index in [0.29, 0.717) is 13.0 Å². The summed E-state index contributed by atoms with van der Waals surface area (Å²) in [4.78, 5) is 15.8. The van der Waals surface area contributed by atoms with Gasteiger partial charge in [0.15, 0.2) is 0 Å². The Kier molecular flexibility index (Phi) is 4.74. The van der Waals surface area contributed by atoms with Crippen LogP contribution in [0.3, 0.4) is 0 Å². The zero-order chi connectivity index (χ0) is 18.0. The minimum Gasteiger partial charge on any atom is -0.486 e. The first-order valence-corrected chi connectivity index (χ1v) is 8.37. The lowest BCUT2D eigenvalue weighted by atomic mass is 10.0. The Morgan fingerprint density at radius 2 is 1.96 bits per heavy atom. The monoisotopic (exact) mass is 337 g/mol. The number of nitrogens with zero attached hydrogens (tertiary/aromatic N) is 2. The maximum atomic E-state index is 11.1. The Hall–Kier alpha value is -2.82. The molecule has 0 aliphatic rings. The largest absolute Gasteiger partial charge is 0.486 e. The first kappa shape index (κ1) is 17.0. The summed E-state index contributed by atoms with van der Waals surface area (Å²) in [5.74, 6) is 1.21. The van der Waals surface area contributed by atoms with E-state index in [1.54, 1.807) is 0 Å². The first-order valence-electron chi connectivity index (χ1n) is 8.37. The average molecular weight is 337 g/mol. The zero-order valence-electron chi connectivity index (χ0n) is 14.8. The van der Waals surface area contributed by atoms with Gasteiger partial charge in [0, 0.05) is 13.0 Å². The number of carbonyl (C=O) groups excluding carboxylic acids is 1.